The molecule has 3 heteroatoms. The van der Waals surface area contributed by atoms with Crippen LogP contribution in [0.5, 0.6) is 5.75 Å². The van der Waals surface area contributed by atoms with E-state index in [0.29, 0.717) is 10.6 Å². The minimum atomic E-state index is -1.44. The standard InChI is InChI=1S/C13H12O2S/c1-11-6-5-9-13(10-11)16(14)15-12-7-3-2-4-8-12/h2-10H,1H3. The summed E-state index contributed by atoms with van der Waals surface area (Å²) in [7, 11) is 0. The average molecular weight is 232 g/mol. The predicted molar refractivity (Wildman–Crippen MR) is 64.7 cm³/mol. The van der Waals surface area contributed by atoms with Gasteiger partial charge in [0.05, 0.1) is 4.90 Å². The zero-order valence-electron chi connectivity index (χ0n) is 8.92. The molecule has 2 rings (SSSR count). The van der Waals surface area contributed by atoms with Crippen LogP contribution in [0.4, 0.5) is 0 Å². The highest BCUT2D eigenvalue weighted by atomic mass is 32.2. The van der Waals surface area contributed by atoms with Crippen molar-refractivity contribution in [2.45, 2.75) is 11.8 Å². The lowest BCUT2D eigenvalue weighted by atomic mass is 10.2. The Balaban J connectivity index is 2.15. The lowest BCUT2D eigenvalue weighted by molar-refractivity contribution is 0.562. The molecule has 0 fully saturated rings. The summed E-state index contributed by atoms with van der Waals surface area (Å²) in [5.41, 5.74) is 1.07. The lowest BCUT2D eigenvalue weighted by Gasteiger charge is -2.04. The molecule has 82 valence electrons. The molecule has 2 nitrogen and oxygen atoms in total. The number of hydrogen-bond donors (Lipinski definition) is 0. The van der Waals surface area contributed by atoms with Gasteiger partial charge in [0.1, 0.15) is 5.75 Å². The Morgan fingerprint density at radius 1 is 1.00 bits per heavy atom. The summed E-state index contributed by atoms with van der Waals surface area (Å²) in [5.74, 6) is 0.613. The van der Waals surface area contributed by atoms with Crippen LogP contribution < -0.4 is 4.18 Å². The van der Waals surface area contributed by atoms with E-state index in [-0.39, 0.29) is 0 Å². The van der Waals surface area contributed by atoms with E-state index >= 15 is 0 Å². The van der Waals surface area contributed by atoms with Crippen LogP contribution in [0.1, 0.15) is 5.56 Å². The van der Waals surface area contributed by atoms with E-state index in [9.17, 15) is 4.21 Å². The molecule has 0 aliphatic rings. The third-order valence-corrected chi connectivity index (χ3v) is 3.08. The summed E-state index contributed by atoms with van der Waals surface area (Å²) in [4.78, 5) is 0.684. The van der Waals surface area contributed by atoms with E-state index in [2.05, 4.69) is 0 Å². The molecule has 0 bridgehead atoms. The molecule has 0 aliphatic carbocycles. The molecule has 2 aromatic rings. The van der Waals surface area contributed by atoms with Gasteiger partial charge in [-0.25, -0.2) is 4.21 Å². The lowest BCUT2D eigenvalue weighted by Crippen LogP contribution is -2.00. The molecule has 1 unspecified atom stereocenters. The molecule has 0 saturated heterocycles. The van der Waals surface area contributed by atoms with Crippen LogP contribution in [0.3, 0.4) is 0 Å². The van der Waals surface area contributed by atoms with Crippen LogP contribution in [0.2, 0.25) is 0 Å². The van der Waals surface area contributed by atoms with Gasteiger partial charge >= 0.3 is 0 Å². The van der Waals surface area contributed by atoms with Crippen LogP contribution in [0.25, 0.3) is 0 Å². The summed E-state index contributed by atoms with van der Waals surface area (Å²) in [5, 5.41) is 0. The molecule has 2 aromatic carbocycles. The molecule has 0 N–H and O–H groups in total. The van der Waals surface area contributed by atoms with E-state index in [1.165, 1.54) is 0 Å². The number of rotatable bonds is 3. The Kier molecular flexibility index (Phi) is 3.37. The van der Waals surface area contributed by atoms with Gasteiger partial charge in [-0.3, -0.25) is 0 Å². The normalized spacial score (nSPS) is 12.1. The van der Waals surface area contributed by atoms with Gasteiger partial charge < -0.3 is 4.18 Å². The van der Waals surface area contributed by atoms with E-state index < -0.39 is 11.1 Å². The fourth-order valence-corrected chi connectivity index (χ4v) is 2.18. The van der Waals surface area contributed by atoms with Crippen LogP contribution in [-0.4, -0.2) is 4.21 Å². The van der Waals surface area contributed by atoms with Crippen molar-refractivity contribution in [1.82, 2.24) is 0 Å². The Bertz CT molecular complexity index is 494. The minimum absolute atomic E-state index is 0.613. The number of hydrogen-bond acceptors (Lipinski definition) is 2. The highest BCUT2D eigenvalue weighted by Gasteiger charge is 2.05. The minimum Gasteiger partial charge on any atom is -0.397 e. The second kappa shape index (κ2) is 4.94. The highest BCUT2D eigenvalue weighted by Crippen LogP contribution is 2.15. The van der Waals surface area contributed by atoms with Crippen molar-refractivity contribution in [2.24, 2.45) is 0 Å². The van der Waals surface area contributed by atoms with Gasteiger partial charge in [0.2, 0.25) is 11.1 Å². The van der Waals surface area contributed by atoms with Crippen molar-refractivity contribution < 1.29 is 8.39 Å². The van der Waals surface area contributed by atoms with Crippen molar-refractivity contribution >= 4 is 11.1 Å². The first kappa shape index (κ1) is 10.9. The summed E-state index contributed by atoms with van der Waals surface area (Å²) in [6.45, 7) is 1.96. The van der Waals surface area contributed by atoms with E-state index in [4.69, 9.17) is 4.18 Å². The predicted octanol–water partition coefficient (Wildman–Crippen LogP) is 3.10. The SMILES string of the molecule is Cc1cccc(S(=O)Oc2ccccc2)c1. The zero-order chi connectivity index (χ0) is 11.4. The van der Waals surface area contributed by atoms with E-state index in [0.717, 1.165) is 5.56 Å². The Hall–Kier alpha value is -1.61. The number of benzene rings is 2. The van der Waals surface area contributed by atoms with E-state index in [1.807, 2.05) is 43.3 Å². The molecule has 0 aliphatic heterocycles. The molecule has 1 atom stereocenters. The van der Waals surface area contributed by atoms with Gasteiger partial charge in [0.25, 0.3) is 0 Å². The van der Waals surface area contributed by atoms with Crippen LogP contribution in [0, 0.1) is 6.92 Å². The summed E-state index contributed by atoms with van der Waals surface area (Å²) in [6.07, 6.45) is 0. The van der Waals surface area contributed by atoms with Crippen molar-refractivity contribution in [3.05, 3.63) is 60.2 Å². The topological polar surface area (TPSA) is 26.3 Å². The fraction of sp³-hybridized carbons (Fsp3) is 0.0769. The molecule has 0 amide bonds. The maximum absolute atomic E-state index is 11.9. The fourth-order valence-electron chi connectivity index (χ4n) is 1.33. The van der Waals surface area contributed by atoms with Crippen LogP contribution >= 0.6 is 0 Å². The zero-order valence-corrected chi connectivity index (χ0v) is 9.74. The third-order valence-electron chi connectivity index (χ3n) is 2.10. The second-order valence-electron chi connectivity index (χ2n) is 3.45. The summed E-state index contributed by atoms with van der Waals surface area (Å²) >= 11 is -1.44. The van der Waals surface area contributed by atoms with Crippen molar-refractivity contribution in [3.63, 3.8) is 0 Å². The van der Waals surface area contributed by atoms with Crippen molar-refractivity contribution in [2.75, 3.05) is 0 Å². The number of para-hydroxylation sites is 1. The maximum Gasteiger partial charge on any atom is 0.240 e. The van der Waals surface area contributed by atoms with Crippen molar-refractivity contribution in [3.8, 4) is 5.75 Å². The average Bonchev–Trinajstić information content (AvgIpc) is 2.30. The van der Waals surface area contributed by atoms with Gasteiger partial charge in [0.15, 0.2) is 0 Å². The van der Waals surface area contributed by atoms with Crippen LogP contribution in [0.15, 0.2) is 59.5 Å². The molecular weight excluding hydrogens is 220 g/mol. The van der Waals surface area contributed by atoms with Crippen molar-refractivity contribution in [1.29, 1.82) is 0 Å². The summed E-state index contributed by atoms with van der Waals surface area (Å²) in [6, 6.07) is 16.7. The smallest absolute Gasteiger partial charge is 0.240 e. The van der Waals surface area contributed by atoms with Gasteiger partial charge in [0, 0.05) is 0 Å². The third kappa shape index (κ3) is 2.70. The molecular formula is C13H12O2S. The van der Waals surface area contributed by atoms with Gasteiger partial charge in [-0.15, -0.1) is 0 Å². The quantitative estimate of drug-likeness (QED) is 0.812. The first-order valence-corrected chi connectivity index (χ1v) is 6.05. The first-order chi connectivity index (χ1) is 7.75. The highest BCUT2D eigenvalue weighted by molar-refractivity contribution is 7.80. The largest absolute Gasteiger partial charge is 0.397 e. The Morgan fingerprint density at radius 3 is 2.44 bits per heavy atom. The molecule has 0 radical (unpaired) electrons. The second-order valence-corrected chi connectivity index (χ2v) is 4.56. The maximum atomic E-state index is 11.9. The van der Waals surface area contributed by atoms with Crippen LogP contribution in [-0.2, 0) is 11.1 Å². The Morgan fingerprint density at radius 2 is 1.75 bits per heavy atom. The summed E-state index contributed by atoms with van der Waals surface area (Å²) < 4.78 is 17.2. The first-order valence-electron chi connectivity index (χ1n) is 4.97. The molecule has 0 heterocycles. The van der Waals surface area contributed by atoms with Gasteiger partial charge in [-0.2, -0.15) is 0 Å². The van der Waals surface area contributed by atoms with Gasteiger partial charge in [-0.05, 0) is 36.8 Å². The Labute approximate surface area is 97.6 Å². The molecule has 16 heavy (non-hydrogen) atoms. The van der Waals surface area contributed by atoms with Gasteiger partial charge in [-0.1, -0.05) is 30.3 Å². The molecule has 0 aromatic heterocycles. The number of aryl methyl sites for hydroxylation is 1. The van der Waals surface area contributed by atoms with E-state index in [1.54, 1.807) is 18.2 Å². The molecule has 0 saturated carbocycles. The monoisotopic (exact) mass is 232 g/mol. The molecule has 0 spiro atoms.